The van der Waals surface area contributed by atoms with Crippen LogP contribution in [0.3, 0.4) is 0 Å². The first-order valence-corrected chi connectivity index (χ1v) is 8.60. The molecule has 1 heterocycles. The molecule has 0 fully saturated rings. The average Bonchev–Trinajstić information content (AvgIpc) is 2.82. The van der Waals surface area contributed by atoms with E-state index in [4.69, 9.17) is 5.11 Å². The van der Waals surface area contributed by atoms with Crippen LogP contribution in [0.4, 0.5) is 0 Å². The summed E-state index contributed by atoms with van der Waals surface area (Å²) in [4.78, 5) is 12.5. The second-order valence-corrected chi connectivity index (χ2v) is 6.64. The van der Waals surface area contributed by atoms with Crippen molar-refractivity contribution in [2.75, 3.05) is 26.0 Å². The van der Waals surface area contributed by atoms with Gasteiger partial charge in [-0.25, -0.2) is 13.1 Å². The van der Waals surface area contributed by atoms with E-state index in [2.05, 4.69) is 21.9 Å². The van der Waals surface area contributed by atoms with Gasteiger partial charge < -0.3 is 10.4 Å². The first-order valence-electron chi connectivity index (χ1n) is 5.83. The third kappa shape index (κ3) is 6.68. The van der Waals surface area contributed by atoms with Gasteiger partial charge in [-0.15, -0.1) is 11.3 Å². The van der Waals surface area contributed by atoms with E-state index in [0.29, 0.717) is 12.0 Å². The predicted molar refractivity (Wildman–Crippen MR) is 78.1 cm³/mol. The predicted octanol–water partition coefficient (Wildman–Crippen LogP) is -0.239. The number of carbonyl (C=O) groups is 1. The van der Waals surface area contributed by atoms with Crippen LogP contribution in [0, 0.1) is 11.8 Å². The second kappa shape index (κ2) is 8.01. The molecule has 1 rings (SSSR count). The van der Waals surface area contributed by atoms with Crippen LogP contribution in [0.15, 0.2) is 11.4 Å². The van der Waals surface area contributed by atoms with E-state index < -0.39 is 10.0 Å². The summed E-state index contributed by atoms with van der Waals surface area (Å²) in [5.74, 6) is 5.35. The van der Waals surface area contributed by atoms with E-state index >= 15 is 0 Å². The maximum atomic E-state index is 11.7. The molecule has 0 radical (unpaired) electrons. The van der Waals surface area contributed by atoms with Crippen LogP contribution in [0.2, 0.25) is 0 Å². The highest BCUT2D eigenvalue weighted by atomic mass is 32.2. The SMILES string of the molecule is CS(=O)(=O)NCCNC(=O)c1csc(C#CCCO)c1. The highest BCUT2D eigenvalue weighted by molar-refractivity contribution is 7.88. The molecule has 0 unspecified atom stereocenters. The Bertz CT molecular complexity index is 611. The summed E-state index contributed by atoms with van der Waals surface area (Å²) in [5.41, 5.74) is 0.489. The van der Waals surface area contributed by atoms with Gasteiger partial charge in [-0.2, -0.15) is 0 Å². The smallest absolute Gasteiger partial charge is 0.252 e. The van der Waals surface area contributed by atoms with Gasteiger partial charge in [0, 0.05) is 24.9 Å². The first kappa shape index (κ1) is 16.7. The Hall–Kier alpha value is -1.40. The quantitative estimate of drug-likeness (QED) is 0.499. The maximum absolute atomic E-state index is 11.7. The third-order valence-corrected chi connectivity index (χ3v) is 3.66. The molecule has 0 spiro atoms. The molecule has 0 aliphatic heterocycles. The van der Waals surface area contributed by atoms with Gasteiger partial charge in [0.05, 0.1) is 23.3 Å². The zero-order chi connectivity index (χ0) is 15.0. The highest BCUT2D eigenvalue weighted by Gasteiger charge is 2.07. The minimum Gasteiger partial charge on any atom is -0.395 e. The minimum absolute atomic E-state index is 0.0130. The lowest BCUT2D eigenvalue weighted by Gasteiger charge is -2.03. The van der Waals surface area contributed by atoms with Gasteiger partial charge in [0.1, 0.15) is 0 Å². The van der Waals surface area contributed by atoms with E-state index in [-0.39, 0.29) is 25.6 Å². The molecule has 0 aromatic carbocycles. The number of thiophene rings is 1. The van der Waals surface area contributed by atoms with E-state index in [1.807, 2.05) is 0 Å². The van der Waals surface area contributed by atoms with Gasteiger partial charge in [-0.1, -0.05) is 11.8 Å². The van der Waals surface area contributed by atoms with Crippen LogP contribution < -0.4 is 10.0 Å². The fourth-order valence-corrected chi connectivity index (χ4v) is 2.47. The number of sulfonamides is 1. The Morgan fingerprint density at radius 1 is 1.45 bits per heavy atom. The van der Waals surface area contributed by atoms with E-state index in [9.17, 15) is 13.2 Å². The largest absolute Gasteiger partial charge is 0.395 e. The topological polar surface area (TPSA) is 95.5 Å². The lowest BCUT2D eigenvalue weighted by atomic mass is 10.3. The summed E-state index contributed by atoms with van der Waals surface area (Å²) in [6.07, 6.45) is 1.46. The molecule has 0 saturated carbocycles. The van der Waals surface area contributed by atoms with Gasteiger partial charge in [-0.05, 0) is 6.07 Å². The molecule has 6 nitrogen and oxygen atoms in total. The molecular weight excluding hydrogens is 300 g/mol. The van der Waals surface area contributed by atoms with Crippen molar-refractivity contribution < 1.29 is 18.3 Å². The van der Waals surface area contributed by atoms with Crippen LogP contribution in [0.1, 0.15) is 21.7 Å². The lowest BCUT2D eigenvalue weighted by molar-refractivity contribution is 0.0955. The Kier molecular flexibility index (Phi) is 6.67. The van der Waals surface area contributed by atoms with Gasteiger partial charge in [0.15, 0.2) is 0 Å². The fourth-order valence-electron chi connectivity index (χ4n) is 1.24. The molecule has 0 aliphatic carbocycles. The minimum atomic E-state index is -3.23. The van der Waals surface area contributed by atoms with Crippen molar-refractivity contribution in [3.8, 4) is 11.8 Å². The lowest BCUT2D eigenvalue weighted by Crippen LogP contribution is -2.34. The van der Waals surface area contributed by atoms with E-state index in [0.717, 1.165) is 11.1 Å². The van der Waals surface area contributed by atoms with E-state index in [1.54, 1.807) is 11.4 Å². The summed E-state index contributed by atoms with van der Waals surface area (Å²) >= 11 is 1.34. The third-order valence-electron chi connectivity index (χ3n) is 2.08. The molecule has 20 heavy (non-hydrogen) atoms. The van der Waals surface area contributed by atoms with Gasteiger partial charge in [-0.3, -0.25) is 4.79 Å². The molecule has 110 valence electrons. The van der Waals surface area contributed by atoms with E-state index in [1.165, 1.54) is 11.3 Å². The first-order chi connectivity index (χ1) is 9.42. The Morgan fingerprint density at radius 3 is 2.85 bits per heavy atom. The van der Waals surface area contributed by atoms with Crippen molar-refractivity contribution in [2.45, 2.75) is 6.42 Å². The van der Waals surface area contributed by atoms with Crippen LogP contribution >= 0.6 is 11.3 Å². The fraction of sp³-hybridized carbons (Fsp3) is 0.417. The molecule has 0 bridgehead atoms. The van der Waals surface area contributed by atoms with Gasteiger partial charge in [0.2, 0.25) is 10.0 Å². The summed E-state index contributed by atoms with van der Waals surface area (Å²) in [6, 6.07) is 1.66. The molecule has 1 aromatic heterocycles. The molecule has 0 aliphatic rings. The zero-order valence-electron chi connectivity index (χ0n) is 11.0. The molecule has 1 aromatic rings. The van der Waals surface area contributed by atoms with Crippen molar-refractivity contribution >= 4 is 27.3 Å². The zero-order valence-corrected chi connectivity index (χ0v) is 12.6. The molecule has 0 saturated heterocycles. The highest BCUT2D eigenvalue weighted by Crippen LogP contribution is 2.13. The molecular formula is C12H16N2O4S2. The number of aliphatic hydroxyl groups excluding tert-OH is 1. The number of amides is 1. The molecule has 3 N–H and O–H groups in total. The van der Waals surface area contributed by atoms with Crippen molar-refractivity contribution in [2.24, 2.45) is 0 Å². The van der Waals surface area contributed by atoms with Crippen LogP contribution in [0.5, 0.6) is 0 Å². The van der Waals surface area contributed by atoms with Gasteiger partial charge in [0.25, 0.3) is 5.91 Å². The van der Waals surface area contributed by atoms with Crippen molar-refractivity contribution in [1.29, 1.82) is 0 Å². The van der Waals surface area contributed by atoms with Crippen molar-refractivity contribution in [3.05, 3.63) is 21.9 Å². The average molecular weight is 316 g/mol. The standard InChI is InChI=1S/C12H16N2O4S2/c1-20(17,18)14-6-5-13-12(16)10-8-11(19-9-10)4-2-3-7-15/h8-9,14-15H,3,5-7H2,1H3,(H,13,16). The Balaban J connectivity index is 2.43. The molecule has 8 heteroatoms. The van der Waals surface area contributed by atoms with Crippen molar-refractivity contribution in [1.82, 2.24) is 10.0 Å². The number of carbonyl (C=O) groups excluding carboxylic acids is 1. The second-order valence-electron chi connectivity index (χ2n) is 3.90. The van der Waals surface area contributed by atoms with Gasteiger partial charge >= 0.3 is 0 Å². The number of hydrogen-bond donors (Lipinski definition) is 3. The summed E-state index contributed by atoms with van der Waals surface area (Å²) < 4.78 is 23.9. The monoisotopic (exact) mass is 316 g/mol. The number of aliphatic hydroxyl groups is 1. The number of rotatable bonds is 6. The van der Waals surface area contributed by atoms with Crippen molar-refractivity contribution in [3.63, 3.8) is 0 Å². The summed E-state index contributed by atoms with van der Waals surface area (Å²) in [5, 5.41) is 12.9. The van der Waals surface area contributed by atoms with Crippen LogP contribution in [-0.4, -0.2) is 45.4 Å². The van der Waals surface area contributed by atoms with Crippen LogP contribution in [0.25, 0.3) is 0 Å². The molecule has 0 atom stereocenters. The Labute approximate surface area is 122 Å². The van der Waals surface area contributed by atoms with Crippen LogP contribution in [-0.2, 0) is 10.0 Å². The normalized spacial score (nSPS) is 10.7. The number of nitrogens with one attached hydrogen (secondary N) is 2. The maximum Gasteiger partial charge on any atom is 0.252 e. The molecule has 1 amide bonds. The number of hydrogen-bond acceptors (Lipinski definition) is 5. The summed E-state index contributed by atoms with van der Waals surface area (Å²) in [7, 11) is -3.23. The summed E-state index contributed by atoms with van der Waals surface area (Å²) in [6.45, 7) is 0.379. The Morgan fingerprint density at radius 2 is 2.20 bits per heavy atom.